The first-order valence-corrected chi connectivity index (χ1v) is 10.5. The minimum absolute atomic E-state index is 0.0508. The van der Waals surface area contributed by atoms with Gasteiger partial charge in [0.2, 0.25) is 0 Å². The van der Waals surface area contributed by atoms with Crippen molar-refractivity contribution in [3.63, 3.8) is 0 Å². The number of alkyl halides is 6. The fourth-order valence-corrected chi connectivity index (χ4v) is 6.42. The minimum Gasteiger partial charge on any atom is -0.477 e. The molecule has 158 valence electrons. The van der Waals surface area contributed by atoms with Gasteiger partial charge in [-0.25, -0.2) is 4.79 Å². The molecule has 29 heavy (non-hydrogen) atoms. The lowest BCUT2D eigenvalue weighted by Crippen LogP contribution is -2.49. The Bertz CT molecular complexity index is 1080. The summed E-state index contributed by atoms with van der Waals surface area (Å²) in [5, 5.41) is 9.26. The zero-order valence-corrected chi connectivity index (χ0v) is 18.5. The number of halogens is 7. The molecule has 2 nitrogen and oxygen atoms in total. The lowest BCUT2D eigenvalue weighted by Gasteiger charge is -2.26. The Hall–Kier alpha value is -1.33. The molecule has 0 spiro atoms. The van der Waals surface area contributed by atoms with E-state index >= 15 is 0 Å². The molecule has 11 heteroatoms. The maximum Gasteiger partial charge on any atom is 0.380 e. The van der Waals surface area contributed by atoms with Crippen molar-refractivity contribution in [2.75, 3.05) is 0 Å². The summed E-state index contributed by atoms with van der Waals surface area (Å²) in [5.74, 6) is -17.5. The molecule has 0 saturated carbocycles. The molecule has 0 radical (unpaired) electrons. The van der Waals surface area contributed by atoms with Crippen LogP contribution < -0.4 is 0 Å². The first-order chi connectivity index (χ1) is 13.1. The highest BCUT2D eigenvalue weighted by molar-refractivity contribution is 9.11. The summed E-state index contributed by atoms with van der Waals surface area (Å²) in [6, 6.07) is 0. The zero-order valence-electron chi connectivity index (χ0n) is 15.3. The van der Waals surface area contributed by atoms with E-state index in [0.717, 1.165) is 18.3 Å². The number of allylic oxidation sites excluding steroid dienone is 2. The van der Waals surface area contributed by atoms with Crippen LogP contribution in [0.2, 0.25) is 0 Å². The third kappa shape index (κ3) is 2.76. The molecule has 3 rings (SSSR count). The lowest BCUT2D eigenvalue weighted by molar-refractivity contribution is -0.254. The molecule has 2 aromatic rings. The number of rotatable bonds is 3. The standard InChI is InChI=1S/C18H13BrF6O2S2/c1-5-9(7(3)28-13(5)15(26)27)11-12(10-6(2)14(19)29-8(10)4)17(22,23)18(24,25)16(11,20)21/h1-4H3,(H,26,27). The van der Waals surface area contributed by atoms with Gasteiger partial charge in [0, 0.05) is 32.0 Å². The van der Waals surface area contributed by atoms with Crippen LogP contribution in [-0.2, 0) is 0 Å². The Kier molecular flexibility index (Phi) is 5.07. The summed E-state index contributed by atoms with van der Waals surface area (Å²) in [5.41, 5.74) is -4.01. The largest absolute Gasteiger partial charge is 0.477 e. The molecular weight excluding hydrogens is 506 g/mol. The average Bonchev–Trinajstić information content (AvgIpc) is 3.04. The van der Waals surface area contributed by atoms with E-state index in [0.29, 0.717) is 15.1 Å². The van der Waals surface area contributed by atoms with Crippen molar-refractivity contribution in [1.82, 2.24) is 0 Å². The minimum atomic E-state index is -5.68. The number of hydrogen-bond donors (Lipinski definition) is 1. The van der Waals surface area contributed by atoms with Gasteiger partial charge >= 0.3 is 23.7 Å². The number of thiophene rings is 2. The van der Waals surface area contributed by atoms with Crippen LogP contribution in [0.3, 0.4) is 0 Å². The summed E-state index contributed by atoms with van der Waals surface area (Å²) in [6.07, 6.45) is 0. The van der Waals surface area contributed by atoms with Gasteiger partial charge in [0.15, 0.2) is 0 Å². The van der Waals surface area contributed by atoms with Crippen LogP contribution in [0.15, 0.2) is 3.79 Å². The number of hydrogen-bond acceptors (Lipinski definition) is 3. The molecule has 0 amide bonds. The maximum atomic E-state index is 14.9. The molecule has 0 unspecified atom stereocenters. The molecular formula is C18H13BrF6O2S2. The lowest BCUT2D eigenvalue weighted by atomic mass is 9.91. The van der Waals surface area contributed by atoms with E-state index in [-0.39, 0.29) is 31.3 Å². The van der Waals surface area contributed by atoms with Crippen molar-refractivity contribution in [3.8, 4) is 0 Å². The highest BCUT2D eigenvalue weighted by atomic mass is 79.9. The van der Waals surface area contributed by atoms with Gasteiger partial charge in [0.25, 0.3) is 0 Å². The van der Waals surface area contributed by atoms with Gasteiger partial charge in [-0.1, -0.05) is 0 Å². The summed E-state index contributed by atoms with van der Waals surface area (Å²) in [4.78, 5) is 11.1. The number of aryl methyl sites for hydroxylation is 2. The Balaban J connectivity index is 2.55. The van der Waals surface area contributed by atoms with Crippen molar-refractivity contribution in [2.24, 2.45) is 0 Å². The molecule has 0 saturated heterocycles. The third-order valence-corrected chi connectivity index (χ3v) is 8.22. The normalized spacial score (nSPS) is 19.8. The van der Waals surface area contributed by atoms with Gasteiger partial charge in [-0.05, 0) is 54.8 Å². The van der Waals surface area contributed by atoms with Crippen molar-refractivity contribution >= 4 is 55.7 Å². The van der Waals surface area contributed by atoms with E-state index in [1.165, 1.54) is 20.8 Å². The van der Waals surface area contributed by atoms with Gasteiger partial charge in [0.05, 0.1) is 3.79 Å². The number of carbonyl (C=O) groups is 1. The Morgan fingerprint density at radius 3 is 1.59 bits per heavy atom. The monoisotopic (exact) mass is 518 g/mol. The molecule has 0 fully saturated rings. The fourth-order valence-electron chi connectivity index (χ4n) is 3.60. The molecule has 0 bridgehead atoms. The van der Waals surface area contributed by atoms with Gasteiger partial charge in [-0.3, -0.25) is 0 Å². The second-order valence-corrected chi connectivity index (χ2v) is 10.5. The third-order valence-electron chi connectivity index (χ3n) is 4.95. The molecule has 0 aromatic carbocycles. The molecule has 1 aliphatic carbocycles. The number of carboxylic acids is 1. The topological polar surface area (TPSA) is 37.3 Å². The van der Waals surface area contributed by atoms with Gasteiger partial charge < -0.3 is 5.11 Å². The Morgan fingerprint density at radius 2 is 1.24 bits per heavy atom. The van der Waals surface area contributed by atoms with Crippen molar-refractivity contribution in [3.05, 3.63) is 40.7 Å². The van der Waals surface area contributed by atoms with Gasteiger partial charge in [0.1, 0.15) is 4.88 Å². The molecule has 0 atom stereocenters. The number of aromatic carboxylic acids is 1. The highest BCUT2D eigenvalue weighted by Gasteiger charge is 2.80. The van der Waals surface area contributed by atoms with Gasteiger partial charge in [-0.15, -0.1) is 22.7 Å². The molecule has 2 aromatic heterocycles. The molecule has 2 heterocycles. The van der Waals surface area contributed by atoms with Crippen LogP contribution in [0, 0.1) is 27.7 Å². The summed E-state index contributed by atoms with van der Waals surface area (Å²) in [7, 11) is 0. The highest BCUT2D eigenvalue weighted by Crippen LogP contribution is 2.66. The van der Waals surface area contributed by atoms with Gasteiger partial charge in [-0.2, -0.15) is 26.3 Å². The summed E-state index contributed by atoms with van der Waals surface area (Å²) < 4.78 is 88.8. The summed E-state index contributed by atoms with van der Waals surface area (Å²) in [6.45, 7) is 5.15. The Morgan fingerprint density at radius 1 is 0.828 bits per heavy atom. The van der Waals surface area contributed by atoms with Crippen LogP contribution >= 0.6 is 38.6 Å². The van der Waals surface area contributed by atoms with Crippen LogP contribution in [0.1, 0.15) is 41.7 Å². The summed E-state index contributed by atoms with van der Waals surface area (Å²) >= 11 is 4.69. The molecule has 1 N–H and O–H groups in total. The quantitative estimate of drug-likeness (QED) is 0.431. The van der Waals surface area contributed by atoms with Crippen molar-refractivity contribution in [2.45, 2.75) is 45.5 Å². The van der Waals surface area contributed by atoms with E-state index in [1.807, 2.05) is 0 Å². The van der Waals surface area contributed by atoms with Crippen LogP contribution in [-0.4, -0.2) is 28.8 Å². The number of carboxylic acid groups (broad SMARTS) is 1. The second kappa shape index (κ2) is 6.58. The van der Waals surface area contributed by atoms with Crippen molar-refractivity contribution < 1.29 is 36.2 Å². The smallest absolute Gasteiger partial charge is 0.380 e. The molecule has 1 aliphatic rings. The van der Waals surface area contributed by atoms with E-state index in [4.69, 9.17) is 0 Å². The first kappa shape index (κ1) is 22.4. The van der Waals surface area contributed by atoms with E-state index in [2.05, 4.69) is 15.9 Å². The van der Waals surface area contributed by atoms with Crippen LogP contribution in [0.25, 0.3) is 11.1 Å². The Labute approximate surface area is 178 Å². The predicted molar refractivity (Wildman–Crippen MR) is 104 cm³/mol. The van der Waals surface area contributed by atoms with Crippen molar-refractivity contribution in [1.29, 1.82) is 0 Å². The second-order valence-electron chi connectivity index (χ2n) is 6.70. The van der Waals surface area contributed by atoms with E-state index in [9.17, 15) is 36.2 Å². The zero-order chi connectivity index (χ0) is 22.3. The fraction of sp³-hybridized carbons (Fsp3) is 0.389. The average molecular weight is 519 g/mol. The van der Waals surface area contributed by atoms with E-state index in [1.54, 1.807) is 0 Å². The maximum absolute atomic E-state index is 14.9. The molecule has 0 aliphatic heterocycles. The first-order valence-electron chi connectivity index (χ1n) is 8.07. The van der Waals surface area contributed by atoms with Crippen LogP contribution in [0.4, 0.5) is 26.3 Å². The predicted octanol–water partition coefficient (Wildman–Crippen LogP) is 7.33. The van der Waals surface area contributed by atoms with E-state index < -0.39 is 40.4 Å². The SMILES string of the molecule is Cc1sc(Br)c(C)c1C1=C(c2c(C)sc(C(=O)O)c2C)C(F)(F)C(F)(F)C1(F)F. The van der Waals surface area contributed by atoms with Crippen LogP contribution in [0.5, 0.6) is 0 Å².